The van der Waals surface area contributed by atoms with Gasteiger partial charge in [0.2, 0.25) is 0 Å². The highest BCUT2D eigenvalue weighted by molar-refractivity contribution is 9.10. The molecular formula is C7H4BrN3O3. The van der Waals surface area contributed by atoms with E-state index < -0.39 is 11.7 Å². The molecule has 2 aromatic rings. The second-order valence-corrected chi connectivity index (χ2v) is 3.36. The quantitative estimate of drug-likeness (QED) is 0.793. The molecule has 0 saturated heterocycles. The third kappa shape index (κ3) is 1.22. The third-order valence-electron chi connectivity index (χ3n) is 1.67. The number of fused-ring (bicyclic) bond motifs is 1. The topological polar surface area (TPSA) is 87.7 Å². The summed E-state index contributed by atoms with van der Waals surface area (Å²) in [5.74, 6) is -1.63. The zero-order chi connectivity index (χ0) is 10.3. The van der Waals surface area contributed by atoms with E-state index in [0.717, 1.165) is 6.20 Å². The monoisotopic (exact) mass is 257 g/mol. The Hall–Kier alpha value is -1.63. The molecule has 0 aliphatic rings. The molecule has 0 radical (unpaired) electrons. The van der Waals surface area contributed by atoms with Crippen molar-refractivity contribution >= 4 is 27.5 Å². The molecule has 72 valence electrons. The highest BCUT2D eigenvalue weighted by Gasteiger charge is 2.15. The summed E-state index contributed by atoms with van der Waals surface area (Å²) in [4.78, 5) is 14.5. The third-order valence-corrected chi connectivity index (χ3v) is 2.05. The Morgan fingerprint density at radius 3 is 2.93 bits per heavy atom. The van der Waals surface area contributed by atoms with Gasteiger partial charge in [0.25, 0.3) is 0 Å². The van der Waals surface area contributed by atoms with Crippen molar-refractivity contribution in [1.29, 1.82) is 0 Å². The van der Waals surface area contributed by atoms with Gasteiger partial charge in [-0.15, -0.1) is 0 Å². The van der Waals surface area contributed by atoms with E-state index in [4.69, 9.17) is 5.11 Å². The second kappa shape index (κ2) is 2.95. The number of imidazole rings is 1. The highest BCUT2D eigenvalue weighted by Crippen LogP contribution is 2.22. The molecule has 2 heterocycles. The van der Waals surface area contributed by atoms with E-state index in [1.165, 1.54) is 10.7 Å². The van der Waals surface area contributed by atoms with Crippen LogP contribution >= 0.6 is 15.9 Å². The Labute approximate surface area is 85.9 Å². The van der Waals surface area contributed by atoms with Crippen LogP contribution in [-0.4, -0.2) is 30.8 Å². The van der Waals surface area contributed by atoms with Crippen molar-refractivity contribution < 1.29 is 15.0 Å². The minimum absolute atomic E-state index is 0.108. The van der Waals surface area contributed by atoms with Crippen LogP contribution in [0.1, 0.15) is 10.4 Å². The lowest BCUT2D eigenvalue weighted by Crippen LogP contribution is -2.01. The van der Waals surface area contributed by atoms with Gasteiger partial charge in [-0.3, -0.25) is 0 Å². The summed E-state index contributed by atoms with van der Waals surface area (Å²) in [6, 6.07) is 0. The molecule has 0 aliphatic carbocycles. The summed E-state index contributed by atoms with van der Waals surface area (Å²) >= 11 is 3.09. The molecule has 0 spiro atoms. The van der Waals surface area contributed by atoms with E-state index in [2.05, 4.69) is 26.0 Å². The van der Waals surface area contributed by atoms with Gasteiger partial charge in [-0.1, -0.05) is 0 Å². The summed E-state index contributed by atoms with van der Waals surface area (Å²) in [6.07, 6.45) is 2.58. The smallest absolute Gasteiger partial charge is 0.341 e. The van der Waals surface area contributed by atoms with Crippen LogP contribution in [0.3, 0.4) is 0 Å². The number of carboxylic acids is 1. The summed E-state index contributed by atoms with van der Waals surface area (Å²) < 4.78 is 1.76. The first-order valence-electron chi connectivity index (χ1n) is 3.55. The van der Waals surface area contributed by atoms with Gasteiger partial charge in [0.1, 0.15) is 10.2 Å². The average molecular weight is 258 g/mol. The molecule has 6 nitrogen and oxygen atoms in total. The molecule has 0 unspecified atom stereocenters. The molecule has 14 heavy (non-hydrogen) atoms. The number of carboxylic acid groups (broad SMARTS) is 1. The Morgan fingerprint density at radius 1 is 1.57 bits per heavy atom. The zero-order valence-corrected chi connectivity index (χ0v) is 8.26. The summed E-state index contributed by atoms with van der Waals surface area (Å²) in [5.41, 5.74) is -0.160. The van der Waals surface area contributed by atoms with E-state index in [-0.39, 0.29) is 11.2 Å². The lowest BCUT2D eigenvalue weighted by Gasteiger charge is -1.99. The van der Waals surface area contributed by atoms with Crippen LogP contribution in [0.5, 0.6) is 5.75 Å². The Morgan fingerprint density at radius 2 is 2.29 bits per heavy atom. The predicted octanol–water partition coefficient (Wildman–Crippen LogP) is 0.896. The standard InChI is InChI=1S/C7H4BrN3O3/c8-4-2-11-6(10-4)5(12)3(1-9-11)7(13)14/h1-2,12H,(H,13,14). The van der Waals surface area contributed by atoms with E-state index in [9.17, 15) is 9.90 Å². The number of hydrogen-bond acceptors (Lipinski definition) is 4. The summed E-state index contributed by atoms with van der Waals surface area (Å²) in [6.45, 7) is 0. The maximum atomic E-state index is 10.6. The molecule has 2 N–H and O–H groups in total. The highest BCUT2D eigenvalue weighted by atomic mass is 79.9. The van der Waals surface area contributed by atoms with Gasteiger partial charge >= 0.3 is 5.97 Å². The zero-order valence-electron chi connectivity index (χ0n) is 6.68. The first-order valence-corrected chi connectivity index (χ1v) is 4.35. The Kier molecular flexibility index (Phi) is 1.88. The van der Waals surface area contributed by atoms with Crippen molar-refractivity contribution in [3.8, 4) is 5.75 Å². The lowest BCUT2D eigenvalue weighted by molar-refractivity contribution is 0.0693. The van der Waals surface area contributed by atoms with E-state index in [1.54, 1.807) is 0 Å². The van der Waals surface area contributed by atoms with Crippen LogP contribution in [0.4, 0.5) is 0 Å². The van der Waals surface area contributed by atoms with Crippen molar-refractivity contribution in [3.05, 3.63) is 22.6 Å². The lowest BCUT2D eigenvalue weighted by atomic mass is 10.3. The number of halogens is 1. The fraction of sp³-hybridized carbons (Fsp3) is 0. The van der Waals surface area contributed by atoms with Crippen molar-refractivity contribution in [2.24, 2.45) is 0 Å². The number of carbonyl (C=O) groups is 1. The van der Waals surface area contributed by atoms with E-state index >= 15 is 0 Å². The maximum Gasteiger partial charge on any atom is 0.341 e. The van der Waals surface area contributed by atoms with Crippen molar-refractivity contribution in [2.75, 3.05) is 0 Å². The average Bonchev–Trinajstić information content (AvgIpc) is 2.46. The normalized spacial score (nSPS) is 10.6. The summed E-state index contributed by atoms with van der Waals surface area (Å²) in [5, 5.41) is 22.0. The van der Waals surface area contributed by atoms with Crippen LogP contribution in [-0.2, 0) is 0 Å². The molecule has 2 rings (SSSR count). The second-order valence-electron chi connectivity index (χ2n) is 2.54. The minimum atomic E-state index is -1.24. The Bertz CT molecular complexity index is 522. The largest absolute Gasteiger partial charge is 0.504 e. The minimum Gasteiger partial charge on any atom is -0.504 e. The Balaban J connectivity index is 2.80. The first-order chi connectivity index (χ1) is 6.59. The van der Waals surface area contributed by atoms with Gasteiger partial charge in [-0.2, -0.15) is 5.10 Å². The van der Waals surface area contributed by atoms with E-state index in [1.807, 2.05) is 0 Å². The SMILES string of the molecule is O=C(O)c1cnn2cc(Br)nc2c1O. The maximum absolute atomic E-state index is 10.6. The molecule has 2 aromatic heterocycles. The van der Waals surface area contributed by atoms with Gasteiger partial charge in [-0.05, 0) is 15.9 Å². The number of rotatable bonds is 1. The molecular weight excluding hydrogens is 254 g/mol. The van der Waals surface area contributed by atoms with Gasteiger partial charge in [0, 0.05) is 0 Å². The van der Waals surface area contributed by atoms with Crippen molar-refractivity contribution in [1.82, 2.24) is 14.6 Å². The number of hydrogen-bond donors (Lipinski definition) is 2. The van der Waals surface area contributed by atoms with Crippen LogP contribution in [0.15, 0.2) is 17.0 Å². The van der Waals surface area contributed by atoms with Gasteiger partial charge in [0.15, 0.2) is 11.4 Å². The number of nitrogens with zero attached hydrogens (tertiary/aromatic N) is 3. The molecule has 0 aromatic carbocycles. The fourth-order valence-corrected chi connectivity index (χ4v) is 1.41. The van der Waals surface area contributed by atoms with Gasteiger partial charge in [0.05, 0.1) is 12.4 Å². The molecule has 0 amide bonds. The van der Waals surface area contributed by atoms with Crippen molar-refractivity contribution in [2.45, 2.75) is 0 Å². The van der Waals surface area contributed by atoms with Gasteiger partial charge < -0.3 is 10.2 Å². The number of aromatic nitrogens is 3. The fourth-order valence-electron chi connectivity index (χ4n) is 1.05. The van der Waals surface area contributed by atoms with Crippen molar-refractivity contribution in [3.63, 3.8) is 0 Å². The number of aromatic carboxylic acids is 1. The van der Waals surface area contributed by atoms with Crippen LogP contribution in [0, 0.1) is 0 Å². The van der Waals surface area contributed by atoms with Gasteiger partial charge in [-0.25, -0.2) is 14.3 Å². The molecule has 0 aliphatic heterocycles. The molecule has 0 saturated carbocycles. The molecule has 0 bridgehead atoms. The van der Waals surface area contributed by atoms with E-state index in [0.29, 0.717) is 4.60 Å². The summed E-state index contributed by atoms with van der Waals surface area (Å²) in [7, 11) is 0. The molecule has 0 fully saturated rings. The first kappa shape index (κ1) is 8.95. The van der Waals surface area contributed by atoms with Crippen LogP contribution < -0.4 is 0 Å². The molecule has 7 heteroatoms. The van der Waals surface area contributed by atoms with Crippen LogP contribution in [0.25, 0.3) is 5.65 Å². The molecule has 0 atom stereocenters. The predicted molar refractivity (Wildman–Crippen MR) is 49.3 cm³/mol. The number of aromatic hydroxyl groups is 1. The van der Waals surface area contributed by atoms with Crippen LogP contribution in [0.2, 0.25) is 0 Å².